The molecule has 0 amide bonds. The molecule has 0 aliphatic heterocycles. The van der Waals surface area contributed by atoms with Crippen LogP contribution in [0.25, 0.3) is 11.4 Å². The molecular weight excluding hydrogens is 288 g/mol. The Labute approximate surface area is 120 Å². The highest BCUT2D eigenvalue weighted by Gasteiger charge is 2.35. The summed E-state index contributed by atoms with van der Waals surface area (Å²) in [5.41, 5.74) is 1.67. The van der Waals surface area contributed by atoms with Crippen molar-refractivity contribution in [2.24, 2.45) is 0 Å². The molecule has 0 unspecified atom stereocenters. The van der Waals surface area contributed by atoms with E-state index in [1.807, 2.05) is 12.1 Å². The Kier molecular flexibility index (Phi) is 4.35. The molecule has 1 aromatic carbocycles. The molecule has 1 aromatic heterocycles. The largest absolute Gasteiger partial charge is 0.400 e. The van der Waals surface area contributed by atoms with Gasteiger partial charge in [-0.2, -0.15) is 13.8 Å². The van der Waals surface area contributed by atoms with Crippen molar-refractivity contribution < 1.29 is 13.3 Å². The lowest BCUT2D eigenvalue weighted by Gasteiger charge is -2.07. The number of nitrogens with one attached hydrogen (secondary N) is 1. The fourth-order valence-electron chi connectivity index (χ4n) is 1.55. The zero-order valence-corrected chi connectivity index (χ0v) is 11.8. The van der Waals surface area contributed by atoms with Crippen molar-refractivity contribution in [2.75, 3.05) is 0 Å². The van der Waals surface area contributed by atoms with Gasteiger partial charge < -0.3 is 9.84 Å². The van der Waals surface area contributed by atoms with E-state index in [4.69, 9.17) is 11.6 Å². The van der Waals surface area contributed by atoms with Crippen LogP contribution in [-0.4, -0.2) is 16.2 Å². The molecule has 108 valence electrons. The van der Waals surface area contributed by atoms with Crippen molar-refractivity contribution in [3.05, 3.63) is 35.7 Å². The molecule has 1 N–H and O–H groups in total. The van der Waals surface area contributed by atoms with Crippen LogP contribution < -0.4 is 5.32 Å². The van der Waals surface area contributed by atoms with E-state index in [1.54, 1.807) is 12.1 Å². The summed E-state index contributed by atoms with van der Waals surface area (Å²) in [6, 6.07) is 7.64. The van der Waals surface area contributed by atoms with Crippen LogP contribution in [0, 0.1) is 0 Å². The first-order chi connectivity index (χ1) is 9.36. The Bertz CT molecular complexity index is 564. The van der Waals surface area contributed by atoms with Crippen LogP contribution >= 0.6 is 11.6 Å². The third-order valence-electron chi connectivity index (χ3n) is 2.60. The number of alkyl halides is 3. The number of halogens is 3. The smallest absolute Gasteiger partial charge is 0.331 e. The second kappa shape index (κ2) is 5.85. The van der Waals surface area contributed by atoms with E-state index in [9.17, 15) is 8.78 Å². The normalized spacial score (nSPS) is 12.1. The van der Waals surface area contributed by atoms with Crippen LogP contribution in [0.3, 0.4) is 0 Å². The molecule has 0 saturated carbocycles. The number of benzene rings is 1. The van der Waals surface area contributed by atoms with Gasteiger partial charge in [0.05, 0.1) is 0 Å². The molecule has 0 radical (unpaired) electrons. The molecule has 0 aliphatic rings. The van der Waals surface area contributed by atoms with Crippen molar-refractivity contribution in [3.8, 4) is 11.4 Å². The Morgan fingerprint density at radius 3 is 2.45 bits per heavy atom. The Hall–Kier alpha value is -1.53. The van der Waals surface area contributed by atoms with Crippen LogP contribution in [0.4, 0.5) is 8.78 Å². The number of hydrogen-bond donors (Lipinski definition) is 1. The minimum absolute atomic E-state index is 0.0868. The molecule has 20 heavy (non-hydrogen) atoms. The Morgan fingerprint density at radius 2 is 1.95 bits per heavy atom. The lowest BCUT2D eigenvalue weighted by Crippen LogP contribution is -2.21. The molecule has 0 aliphatic carbocycles. The summed E-state index contributed by atoms with van der Waals surface area (Å²) in [7, 11) is 0. The van der Waals surface area contributed by atoms with Gasteiger partial charge in [0.15, 0.2) is 0 Å². The van der Waals surface area contributed by atoms with E-state index in [0.717, 1.165) is 12.1 Å². The number of hydrogen-bond acceptors (Lipinski definition) is 4. The SMILES string of the molecule is CC(C)NCc1ccc(-c2noc(C(F)(F)Cl)n2)cc1. The standard InChI is InChI=1S/C13H14ClF2N3O/c1-8(2)17-7-9-3-5-10(6-4-9)11-18-12(20-19-11)13(14,15)16/h3-6,8,17H,7H2,1-2H3. The summed E-state index contributed by atoms with van der Waals surface area (Å²) >= 11 is 4.82. The van der Waals surface area contributed by atoms with E-state index in [0.29, 0.717) is 11.6 Å². The maximum atomic E-state index is 12.8. The predicted octanol–water partition coefficient (Wildman–Crippen LogP) is 3.52. The van der Waals surface area contributed by atoms with Gasteiger partial charge in [-0.3, -0.25) is 0 Å². The highest BCUT2D eigenvalue weighted by Crippen LogP contribution is 2.32. The van der Waals surface area contributed by atoms with Gasteiger partial charge in [0, 0.05) is 18.2 Å². The molecule has 0 spiro atoms. The summed E-state index contributed by atoms with van der Waals surface area (Å²) in [6.45, 7) is 4.85. The van der Waals surface area contributed by atoms with E-state index in [1.165, 1.54) is 0 Å². The average molecular weight is 302 g/mol. The van der Waals surface area contributed by atoms with Gasteiger partial charge in [0.2, 0.25) is 5.82 Å². The lowest BCUT2D eigenvalue weighted by atomic mass is 10.1. The third-order valence-corrected chi connectivity index (χ3v) is 2.76. The number of rotatable bonds is 5. The third kappa shape index (κ3) is 3.74. The lowest BCUT2D eigenvalue weighted by molar-refractivity contribution is 0.0551. The first-order valence-electron chi connectivity index (χ1n) is 6.10. The number of aromatic nitrogens is 2. The van der Waals surface area contributed by atoms with E-state index >= 15 is 0 Å². The van der Waals surface area contributed by atoms with Crippen LogP contribution in [0.1, 0.15) is 25.3 Å². The van der Waals surface area contributed by atoms with Crippen molar-refractivity contribution in [3.63, 3.8) is 0 Å². The van der Waals surface area contributed by atoms with Crippen molar-refractivity contribution in [2.45, 2.75) is 31.8 Å². The fourth-order valence-corrected chi connectivity index (χ4v) is 1.63. The zero-order chi connectivity index (χ0) is 14.8. The first kappa shape index (κ1) is 14.9. The van der Waals surface area contributed by atoms with Crippen molar-refractivity contribution in [1.82, 2.24) is 15.5 Å². The van der Waals surface area contributed by atoms with Gasteiger partial charge in [-0.15, -0.1) is 0 Å². The summed E-state index contributed by atoms with van der Waals surface area (Å²) in [6.07, 6.45) is 0. The zero-order valence-electron chi connectivity index (χ0n) is 11.0. The summed E-state index contributed by atoms with van der Waals surface area (Å²) < 4.78 is 30.0. The maximum Gasteiger partial charge on any atom is 0.400 e. The molecule has 0 bridgehead atoms. The highest BCUT2D eigenvalue weighted by atomic mass is 35.5. The van der Waals surface area contributed by atoms with Gasteiger partial charge in [0.1, 0.15) is 0 Å². The molecular formula is C13H14ClF2N3O. The van der Waals surface area contributed by atoms with Crippen LogP contribution in [0.2, 0.25) is 0 Å². The Balaban J connectivity index is 2.12. The molecule has 2 aromatic rings. The van der Waals surface area contributed by atoms with Crippen molar-refractivity contribution in [1.29, 1.82) is 0 Å². The minimum atomic E-state index is -3.65. The van der Waals surface area contributed by atoms with Gasteiger partial charge in [-0.05, 0) is 17.2 Å². The minimum Gasteiger partial charge on any atom is -0.331 e. The molecule has 2 rings (SSSR count). The van der Waals surface area contributed by atoms with Crippen LogP contribution in [-0.2, 0) is 11.9 Å². The molecule has 0 atom stereocenters. The molecule has 0 fully saturated rings. The summed E-state index contributed by atoms with van der Waals surface area (Å²) in [5.74, 6) is -0.816. The quantitative estimate of drug-likeness (QED) is 0.859. The van der Waals surface area contributed by atoms with Gasteiger partial charge in [-0.1, -0.05) is 43.3 Å². The monoisotopic (exact) mass is 301 g/mol. The van der Waals surface area contributed by atoms with Crippen LogP contribution in [0.5, 0.6) is 0 Å². The van der Waals surface area contributed by atoms with Crippen molar-refractivity contribution >= 4 is 11.6 Å². The average Bonchev–Trinajstić information content (AvgIpc) is 2.86. The predicted molar refractivity (Wildman–Crippen MR) is 71.5 cm³/mol. The second-order valence-corrected chi connectivity index (χ2v) is 5.13. The Morgan fingerprint density at radius 1 is 1.30 bits per heavy atom. The summed E-state index contributed by atoms with van der Waals surface area (Å²) in [4.78, 5) is 3.58. The topological polar surface area (TPSA) is 51.0 Å². The first-order valence-corrected chi connectivity index (χ1v) is 6.47. The number of nitrogens with zero attached hydrogens (tertiary/aromatic N) is 2. The highest BCUT2D eigenvalue weighted by molar-refractivity contribution is 6.21. The van der Waals surface area contributed by atoms with Gasteiger partial charge >= 0.3 is 11.3 Å². The second-order valence-electron chi connectivity index (χ2n) is 4.65. The van der Waals surface area contributed by atoms with E-state index < -0.39 is 11.3 Å². The van der Waals surface area contributed by atoms with E-state index in [2.05, 4.69) is 33.8 Å². The molecule has 1 heterocycles. The summed E-state index contributed by atoms with van der Waals surface area (Å²) in [5, 5.41) is 3.12. The van der Waals surface area contributed by atoms with Crippen LogP contribution in [0.15, 0.2) is 28.8 Å². The fraction of sp³-hybridized carbons (Fsp3) is 0.385. The van der Waals surface area contributed by atoms with Gasteiger partial charge in [0.25, 0.3) is 0 Å². The molecule has 0 saturated heterocycles. The molecule has 4 nitrogen and oxygen atoms in total. The molecule has 7 heteroatoms. The van der Waals surface area contributed by atoms with Gasteiger partial charge in [-0.25, -0.2) is 0 Å². The maximum absolute atomic E-state index is 12.8. The van der Waals surface area contributed by atoms with E-state index in [-0.39, 0.29) is 5.82 Å².